The lowest BCUT2D eigenvalue weighted by Crippen LogP contribution is -2.23. The summed E-state index contributed by atoms with van der Waals surface area (Å²) in [4.78, 5) is 22.6. The van der Waals surface area contributed by atoms with Gasteiger partial charge in [0.25, 0.3) is 0 Å². The SMILES string of the molecule is CC(C)(c1ccc(O)c([N+](=O)[O-])c1C#Cc1ccccc1)c1ccc(O)c([N+](=O)[O-])c1C#Cc1ccccc1. The molecular formula is C31H22N2O6. The minimum absolute atomic E-state index is 0.0356. The Kier molecular flexibility index (Phi) is 7.32. The van der Waals surface area contributed by atoms with E-state index in [0.29, 0.717) is 22.3 Å². The topological polar surface area (TPSA) is 127 Å². The van der Waals surface area contributed by atoms with Crippen molar-refractivity contribution in [3.63, 3.8) is 0 Å². The molecule has 0 atom stereocenters. The summed E-state index contributed by atoms with van der Waals surface area (Å²) in [6.45, 7) is 3.45. The molecule has 4 aromatic rings. The average molecular weight is 519 g/mol. The summed E-state index contributed by atoms with van der Waals surface area (Å²) in [7, 11) is 0. The number of nitro groups is 2. The highest BCUT2D eigenvalue weighted by molar-refractivity contribution is 5.70. The summed E-state index contributed by atoms with van der Waals surface area (Å²) in [5.74, 6) is 10.4. The van der Waals surface area contributed by atoms with E-state index in [2.05, 4.69) is 23.7 Å². The highest BCUT2D eigenvalue weighted by Gasteiger charge is 2.36. The zero-order valence-corrected chi connectivity index (χ0v) is 21.0. The maximum atomic E-state index is 12.0. The van der Waals surface area contributed by atoms with Crippen LogP contribution in [0.1, 0.15) is 47.2 Å². The summed E-state index contributed by atoms with van der Waals surface area (Å²) in [5.41, 5.74) is -0.460. The highest BCUT2D eigenvalue weighted by atomic mass is 16.6. The van der Waals surface area contributed by atoms with Gasteiger partial charge in [-0.25, -0.2) is 0 Å². The van der Waals surface area contributed by atoms with E-state index >= 15 is 0 Å². The van der Waals surface area contributed by atoms with Crippen LogP contribution >= 0.6 is 0 Å². The van der Waals surface area contributed by atoms with E-state index in [1.807, 2.05) is 12.1 Å². The summed E-state index contributed by atoms with van der Waals surface area (Å²) in [6, 6.07) is 23.1. The van der Waals surface area contributed by atoms with Gasteiger partial charge < -0.3 is 10.2 Å². The minimum atomic E-state index is -1.14. The smallest absolute Gasteiger partial charge is 0.326 e. The number of aromatic hydroxyl groups is 2. The third-order valence-electron chi connectivity index (χ3n) is 6.24. The van der Waals surface area contributed by atoms with Gasteiger partial charge >= 0.3 is 11.4 Å². The van der Waals surface area contributed by atoms with E-state index in [-0.39, 0.29) is 11.1 Å². The van der Waals surface area contributed by atoms with Crippen LogP contribution in [-0.2, 0) is 5.41 Å². The lowest BCUT2D eigenvalue weighted by molar-refractivity contribution is -0.386. The van der Waals surface area contributed by atoms with Crippen molar-refractivity contribution in [2.24, 2.45) is 0 Å². The Morgan fingerprint density at radius 2 is 0.949 bits per heavy atom. The number of rotatable bonds is 4. The molecule has 0 aliphatic rings. The van der Waals surface area contributed by atoms with Gasteiger partial charge in [0.05, 0.1) is 9.85 Å². The molecule has 4 aromatic carbocycles. The number of phenolic OH excluding ortho intramolecular Hbond substituents is 2. The lowest BCUT2D eigenvalue weighted by Gasteiger charge is -2.28. The van der Waals surface area contributed by atoms with E-state index in [1.54, 1.807) is 62.4 Å². The quantitative estimate of drug-likeness (QED) is 0.193. The Morgan fingerprint density at radius 1 is 0.590 bits per heavy atom. The van der Waals surface area contributed by atoms with Crippen LogP contribution in [0.5, 0.6) is 11.5 Å². The van der Waals surface area contributed by atoms with Crippen LogP contribution in [0.25, 0.3) is 0 Å². The van der Waals surface area contributed by atoms with Gasteiger partial charge in [0.1, 0.15) is 11.1 Å². The second-order valence-electron chi connectivity index (χ2n) is 9.08. The molecule has 0 fully saturated rings. The molecule has 0 heterocycles. The first-order chi connectivity index (χ1) is 18.6. The van der Waals surface area contributed by atoms with Gasteiger partial charge in [0.15, 0.2) is 11.5 Å². The summed E-state index contributed by atoms with van der Waals surface area (Å²) in [6.07, 6.45) is 0. The number of benzene rings is 4. The zero-order valence-electron chi connectivity index (χ0n) is 21.0. The van der Waals surface area contributed by atoms with Gasteiger partial charge in [-0.3, -0.25) is 20.2 Å². The molecule has 192 valence electrons. The molecule has 0 aliphatic heterocycles. The first-order valence-corrected chi connectivity index (χ1v) is 11.8. The van der Waals surface area contributed by atoms with Crippen LogP contribution in [0.4, 0.5) is 11.4 Å². The summed E-state index contributed by atoms with van der Waals surface area (Å²) in [5, 5.41) is 44.8. The van der Waals surface area contributed by atoms with Crippen molar-refractivity contribution < 1.29 is 20.1 Å². The lowest BCUT2D eigenvalue weighted by atomic mass is 9.73. The van der Waals surface area contributed by atoms with Crippen LogP contribution in [0.3, 0.4) is 0 Å². The van der Waals surface area contributed by atoms with Gasteiger partial charge in [0, 0.05) is 16.5 Å². The molecule has 39 heavy (non-hydrogen) atoms. The maximum absolute atomic E-state index is 12.0. The minimum Gasteiger partial charge on any atom is -0.502 e. The van der Waals surface area contributed by atoms with Crippen LogP contribution < -0.4 is 0 Å². The van der Waals surface area contributed by atoms with Crippen molar-refractivity contribution in [1.82, 2.24) is 0 Å². The molecule has 0 amide bonds. The molecule has 0 unspecified atom stereocenters. The van der Waals surface area contributed by atoms with Gasteiger partial charge in [-0.15, -0.1) is 0 Å². The number of hydrogen-bond donors (Lipinski definition) is 2. The maximum Gasteiger partial charge on any atom is 0.326 e. The van der Waals surface area contributed by atoms with Crippen molar-refractivity contribution in [3.05, 3.63) is 139 Å². The third kappa shape index (κ3) is 5.41. The molecule has 2 N–H and O–H groups in total. The average Bonchev–Trinajstić information content (AvgIpc) is 2.91. The van der Waals surface area contributed by atoms with E-state index in [4.69, 9.17) is 0 Å². The Balaban J connectivity index is 2.02. The fourth-order valence-corrected chi connectivity index (χ4v) is 4.28. The molecule has 0 saturated carbocycles. The second kappa shape index (κ2) is 10.8. The second-order valence-corrected chi connectivity index (χ2v) is 9.08. The molecule has 0 spiro atoms. The zero-order chi connectivity index (χ0) is 28.2. The largest absolute Gasteiger partial charge is 0.502 e. The molecule has 8 nitrogen and oxygen atoms in total. The number of hydrogen-bond acceptors (Lipinski definition) is 6. The van der Waals surface area contributed by atoms with E-state index in [1.165, 1.54) is 24.3 Å². The van der Waals surface area contributed by atoms with Crippen molar-refractivity contribution in [3.8, 4) is 35.2 Å². The molecule has 0 saturated heterocycles. The summed E-state index contributed by atoms with van der Waals surface area (Å²) < 4.78 is 0. The van der Waals surface area contributed by atoms with Gasteiger partial charge in [-0.05, 0) is 47.5 Å². The van der Waals surface area contributed by atoms with E-state index in [9.17, 15) is 30.4 Å². The Bertz CT molecular complexity index is 1580. The first kappa shape index (κ1) is 26.5. The van der Waals surface area contributed by atoms with Crippen LogP contribution in [0.2, 0.25) is 0 Å². The van der Waals surface area contributed by atoms with Crippen molar-refractivity contribution >= 4 is 11.4 Å². The molecule has 0 radical (unpaired) electrons. The molecule has 8 heteroatoms. The van der Waals surface area contributed by atoms with Crippen LogP contribution in [0.15, 0.2) is 84.9 Å². The third-order valence-corrected chi connectivity index (χ3v) is 6.24. The Morgan fingerprint density at radius 3 is 1.28 bits per heavy atom. The molecule has 4 rings (SSSR count). The van der Waals surface area contributed by atoms with Gasteiger partial charge in [-0.2, -0.15) is 0 Å². The summed E-state index contributed by atoms with van der Waals surface area (Å²) >= 11 is 0. The number of nitro benzene ring substituents is 2. The normalized spacial score (nSPS) is 10.5. The Hall–Kier alpha value is -5.60. The standard InChI is InChI=1S/C31H22N2O6/c1-31(2,25-17-19-27(34)29(32(36)37)23(25)15-13-21-9-5-3-6-10-21)26-18-20-28(35)30(33(38)39)24(26)16-14-22-11-7-4-8-12-22/h3-12,17-20,34-35H,1-2H3. The molecule has 0 aliphatic carbocycles. The fourth-order valence-electron chi connectivity index (χ4n) is 4.28. The van der Waals surface area contributed by atoms with Crippen molar-refractivity contribution in [1.29, 1.82) is 0 Å². The molecule has 0 aromatic heterocycles. The van der Waals surface area contributed by atoms with E-state index in [0.717, 1.165) is 0 Å². The first-order valence-electron chi connectivity index (χ1n) is 11.8. The number of nitrogens with zero attached hydrogens (tertiary/aromatic N) is 2. The monoisotopic (exact) mass is 518 g/mol. The highest BCUT2D eigenvalue weighted by Crippen LogP contribution is 2.44. The van der Waals surface area contributed by atoms with E-state index < -0.39 is 38.1 Å². The van der Waals surface area contributed by atoms with Crippen molar-refractivity contribution in [2.45, 2.75) is 19.3 Å². The van der Waals surface area contributed by atoms with Crippen LogP contribution in [-0.4, -0.2) is 20.1 Å². The fraction of sp³-hybridized carbons (Fsp3) is 0.0968. The predicted octanol–water partition coefficient (Wildman–Crippen LogP) is 6.04. The Labute approximate surface area is 224 Å². The molecule has 0 bridgehead atoms. The number of phenols is 2. The van der Waals surface area contributed by atoms with Gasteiger partial charge in [0.2, 0.25) is 0 Å². The van der Waals surface area contributed by atoms with Crippen LogP contribution in [0, 0.1) is 43.9 Å². The van der Waals surface area contributed by atoms with Gasteiger partial charge in [-0.1, -0.05) is 86.1 Å². The molecular weight excluding hydrogens is 496 g/mol. The van der Waals surface area contributed by atoms with Crippen molar-refractivity contribution in [2.75, 3.05) is 0 Å². The predicted molar refractivity (Wildman–Crippen MR) is 146 cm³/mol.